The Balaban J connectivity index is 6.88. The zero-order valence-electron chi connectivity index (χ0n) is 15.6. The number of carbonyl (C=O) groups excluding carboxylic acids is 1. The Hall–Kier alpha value is -2.23. The summed E-state index contributed by atoms with van der Waals surface area (Å²) < 4.78 is 263. The topological polar surface area (TPSA) is 49.4 Å². The number of aliphatic carboxylic acids is 1. The van der Waals surface area contributed by atoms with Gasteiger partial charge in [0.1, 0.15) is 0 Å². The Morgan fingerprint density at radius 3 is 1.19 bits per heavy atom. The fourth-order valence-electron chi connectivity index (χ4n) is 1.79. The lowest BCUT2D eigenvalue weighted by molar-refractivity contribution is -0.472. The van der Waals surface area contributed by atoms with Crippen molar-refractivity contribution >= 4 is 5.97 Å². The van der Waals surface area contributed by atoms with Crippen molar-refractivity contribution in [3.63, 3.8) is 0 Å². The normalized spacial score (nSPS) is 16.4. The van der Waals surface area contributed by atoms with Gasteiger partial charge in [0.15, 0.2) is 5.83 Å². The van der Waals surface area contributed by atoms with Gasteiger partial charge in [-0.25, -0.2) is 4.39 Å². The number of carbonyl (C=O) groups is 1. The maximum Gasteiger partial charge on any atom is 0.426 e. The zero-order chi connectivity index (χ0) is 29.8. The summed E-state index contributed by atoms with van der Waals surface area (Å²) in [6.07, 6.45) is -16.4. The van der Waals surface area contributed by atoms with E-state index in [1.165, 1.54) is 0 Å². The summed E-state index contributed by atoms with van der Waals surface area (Å²) in [5.74, 6) is -68.1. The highest BCUT2D eigenvalue weighted by Crippen LogP contribution is 2.64. The number of ether oxygens (including phenoxy) is 1. The van der Waals surface area contributed by atoms with Gasteiger partial charge in [-0.15, -0.1) is 0 Å². The molecule has 0 spiro atoms. The molecular weight excluding hydrogens is 584 g/mol. The second-order valence-electron chi connectivity index (χ2n) is 6.23. The summed E-state index contributed by atoms with van der Waals surface area (Å²) in [4.78, 5) is 9.83. The summed E-state index contributed by atoms with van der Waals surface area (Å²) in [6, 6.07) is 0. The number of carboxylic acids is 1. The van der Waals surface area contributed by atoms with E-state index in [-0.39, 0.29) is 0 Å². The second-order valence-corrected chi connectivity index (χ2v) is 6.23. The van der Waals surface area contributed by atoms with Crippen LogP contribution in [0.25, 0.3) is 0 Å². The minimum absolute atomic E-state index is 2.21. The van der Waals surface area contributed by atoms with E-state index in [1.807, 2.05) is 0 Å². The predicted molar refractivity (Wildman–Crippen MR) is 65.8 cm³/mol. The first kappa shape index (κ1) is 33.8. The van der Waals surface area contributed by atoms with Crippen LogP contribution in [0.3, 0.4) is 0 Å². The van der Waals surface area contributed by atoms with Crippen LogP contribution in [-0.4, -0.2) is 66.3 Å². The minimum Gasteiger partial charge on any atom is -0.548 e. The molecule has 0 heterocycles. The van der Waals surface area contributed by atoms with Gasteiger partial charge >= 0.3 is 53.7 Å². The molecule has 0 unspecified atom stereocenters. The van der Waals surface area contributed by atoms with Crippen LogP contribution in [0.15, 0.2) is 11.9 Å². The van der Waals surface area contributed by atoms with Gasteiger partial charge in [0.05, 0.1) is 18.7 Å². The first-order valence-electron chi connectivity index (χ1n) is 7.61. The van der Waals surface area contributed by atoms with E-state index in [2.05, 4.69) is 4.74 Å². The summed E-state index contributed by atoms with van der Waals surface area (Å²) in [5, 5.41) is 9.83. The van der Waals surface area contributed by atoms with Crippen LogP contribution in [0, 0.1) is 0 Å². The average Bonchev–Trinajstić information content (AvgIpc) is 2.63. The van der Waals surface area contributed by atoms with E-state index in [0.29, 0.717) is 0 Å². The van der Waals surface area contributed by atoms with Crippen molar-refractivity contribution in [1.29, 1.82) is 0 Å². The Labute approximate surface area is 182 Å². The number of halogens is 20. The van der Waals surface area contributed by atoms with E-state index in [4.69, 9.17) is 0 Å². The lowest BCUT2D eigenvalue weighted by Crippen LogP contribution is -2.75. The third-order valence-corrected chi connectivity index (χ3v) is 3.69. The number of hydrogen-bond donors (Lipinski definition) is 0. The highest BCUT2D eigenvalue weighted by Gasteiger charge is 2.95. The molecule has 0 amide bonds. The average molecular weight is 587 g/mol. The highest BCUT2D eigenvalue weighted by atomic mass is 19.4. The van der Waals surface area contributed by atoms with Crippen molar-refractivity contribution in [1.82, 2.24) is 0 Å². The van der Waals surface area contributed by atoms with Gasteiger partial charge in [-0.05, 0) is 0 Å². The molecule has 0 aliphatic rings. The number of allylic oxidation sites excluding steroid dienone is 2. The number of hydrogen-bond acceptors (Lipinski definition) is 3. The molecule has 0 atom stereocenters. The van der Waals surface area contributed by atoms with Gasteiger partial charge in [-0.2, -0.15) is 83.4 Å². The largest absolute Gasteiger partial charge is 0.548 e. The number of alkyl halides is 19. The van der Waals surface area contributed by atoms with Crippen LogP contribution >= 0.6 is 0 Å². The zero-order valence-corrected chi connectivity index (χ0v) is 15.6. The molecule has 0 saturated heterocycles. The van der Waals surface area contributed by atoms with Crippen molar-refractivity contribution in [2.24, 2.45) is 0 Å². The molecule has 0 N–H and O–H groups in total. The molecule has 0 aliphatic heterocycles. The van der Waals surface area contributed by atoms with Crippen molar-refractivity contribution in [3.05, 3.63) is 11.9 Å². The lowest BCUT2D eigenvalue weighted by Gasteiger charge is -2.43. The third-order valence-electron chi connectivity index (χ3n) is 3.69. The fourth-order valence-corrected chi connectivity index (χ4v) is 1.79. The quantitative estimate of drug-likeness (QED) is 0.312. The van der Waals surface area contributed by atoms with Gasteiger partial charge in [-0.1, -0.05) is 0 Å². The monoisotopic (exact) mass is 587 g/mol. The fraction of sp³-hybridized carbons (Fsp3) is 0.769. The molecular formula is C13H3F20O3-. The molecule has 0 bridgehead atoms. The predicted octanol–water partition coefficient (Wildman–Crippen LogP) is 5.21. The molecule has 214 valence electrons. The Kier molecular flexibility index (Phi) is 8.40. The summed E-state index contributed by atoms with van der Waals surface area (Å²) in [5.41, 5.74) is 0. The van der Waals surface area contributed by atoms with Crippen LogP contribution in [0.2, 0.25) is 0 Å². The molecule has 36 heavy (non-hydrogen) atoms. The molecule has 0 saturated carbocycles. The molecule has 0 aromatic carbocycles. The van der Waals surface area contributed by atoms with E-state index < -0.39 is 78.2 Å². The van der Waals surface area contributed by atoms with Crippen molar-refractivity contribution in [3.8, 4) is 0 Å². The smallest absolute Gasteiger partial charge is 0.426 e. The minimum atomic E-state index is -9.02. The van der Waals surface area contributed by atoms with E-state index in [9.17, 15) is 97.7 Å². The SMILES string of the molecule is O=C([O-])COC(F)(F)C(F)(F)C(F)(F)C(F)(F)C(F)(F)C(F)(F)C(F)(F)C(F)(F)C(F)=CC(F)(F)F. The van der Waals surface area contributed by atoms with Gasteiger partial charge in [-0.3, -0.25) is 0 Å². The highest BCUT2D eigenvalue weighted by molar-refractivity contribution is 5.65. The van der Waals surface area contributed by atoms with Gasteiger partial charge in [0.25, 0.3) is 0 Å². The van der Waals surface area contributed by atoms with Gasteiger partial charge in [0.2, 0.25) is 0 Å². The molecule has 23 heteroatoms. The molecule has 0 aromatic heterocycles. The Morgan fingerprint density at radius 2 is 0.889 bits per heavy atom. The van der Waals surface area contributed by atoms with Crippen molar-refractivity contribution in [2.75, 3.05) is 6.61 Å². The maximum atomic E-state index is 13.5. The lowest BCUT2D eigenvalue weighted by atomic mass is 9.88. The summed E-state index contributed by atoms with van der Waals surface area (Å²) in [6.45, 7) is -2.90. The summed E-state index contributed by atoms with van der Waals surface area (Å²) >= 11 is 0. The Bertz CT molecular complexity index is 853. The third kappa shape index (κ3) is 4.97. The van der Waals surface area contributed by atoms with E-state index >= 15 is 0 Å². The standard InChI is InChI=1S/C13H4F20O3/c14-3(1-5(15,16)17)6(18,19)7(20,21)8(22,23)9(24,25)10(26,27)11(28,29)12(30,31)13(32,33)36-2-4(34)35/h1H,2H2,(H,34,35)/p-1. The molecule has 0 rings (SSSR count). The first-order valence-corrected chi connectivity index (χ1v) is 7.61. The van der Waals surface area contributed by atoms with Crippen molar-refractivity contribution in [2.45, 2.75) is 53.7 Å². The molecule has 0 radical (unpaired) electrons. The molecule has 3 nitrogen and oxygen atoms in total. The van der Waals surface area contributed by atoms with Crippen LogP contribution in [0.5, 0.6) is 0 Å². The van der Waals surface area contributed by atoms with Crippen molar-refractivity contribution < 1.29 is 102 Å². The maximum absolute atomic E-state index is 13.5. The van der Waals surface area contributed by atoms with Crippen LogP contribution in [-0.2, 0) is 9.53 Å². The van der Waals surface area contributed by atoms with Crippen LogP contribution < -0.4 is 5.11 Å². The van der Waals surface area contributed by atoms with E-state index in [1.54, 1.807) is 0 Å². The summed E-state index contributed by atoms with van der Waals surface area (Å²) in [7, 11) is 0. The molecule has 0 fully saturated rings. The van der Waals surface area contributed by atoms with Gasteiger partial charge < -0.3 is 14.6 Å². The number of rotatable bonds is 11. The number of carboxylic acid groups (broad SMARTS) is 1. The van der Waals surface area contributed by atoms with Crippen LogP contribution in [0.1, 0.15) is 0 Å². The second kappa shape index (κ2) is 8.96. The van der Waals surface area contributed by atoms with Crippen LogP contribution in [0.4, 0.5) is 87.8 Å². The molecule has 0 aromatic rings. The first-order chi connectivity index (χ1) is 15.3. The Morgan fingerprint density at radius 1 is 0.583 bits per heavy atom. The van der Waals surface area contributed by atoms with E-state index in [0.717, 1.165) is 0 Å². The van der Waals surface area contributed by atoms with Gasteiger partial charge in [0, 0.05) is 0 Å². The molecule has 0 aliphatic carbocycles.